The third-order valence-electron chi connectivity index (χ3n) is 5.14. The molecular weight excluding hydrogens is 330 g/mol. The molecule has 2 aliphatic heterocycles. The summed E-state index contributed by atoms with van der Waals surface area (Å²) in [6, 6.07) is 7.16. The second kappa shape index (κ2) is 7.68. The van der Waals surface area contributed by atoms with E-state index < -0.39 is 11.9 Å². The van der Waals surface area contributed by atoms with Gasteiger partial charge < -0.3 is 20.1 Å². The zero-order valence-electron chi connectivity index (χ0n) is 15.9. The fourth-order valence-corrected chi connectivity index (χ4v) is 3.89. The van der Waals surface area contributed by atoms with Crippen LogP contribution < -0.4 is 10.2 Å². The van der Waals surface area contributed by atoms with Crippen molar-refractivity contribution in [1.82, 2.24) is 4.90 Å². The van der Waals surface area contributed by atoms with Crippen molar-refractivity contribution in [3.8, 4) is 0 Å². The van der Waals surface area contributed by atoms with E-state index in [2.05, 4.69) is 10.2 Å². The first-order chi connectivity index (χ1) is 12.4. The van der Waals surface area contributed by atoms with Gasteiger partial charge in [0.25, 0.3) is 0 Å². The van der Waals surface area contributed by atoms with Crippen molar-refractivity contribution in [1.29, 1.82) is 0 Å². The lowest BCUT2D eigenvalue weighted by Crippen LogP contribution is -2.59. The van der Waals surface area contributed by atoms with Gasteiger partial charge in [0.15, 0.2) is 5.85 Å². The molecule has 1 aromatic carbocycles. The number of nitrogens with one attached hydrogen (secondary N) is 1. The van der Waals surface area contributed by atoms with E-state index in [0.717, 1.165) is 43.0 Å². The van der Waals surface area contributed by atoms with Crippen LogP contribution >= 0.6 is 0 Å². The summed E-state index contributed by atoms with van der Waals surface area (Å²) in [6.45, 7) is 7.60. The summed E-state index contributed by atoms with van der Waals surface area (Å²) in [4.78, 5) is 16.4. The zero-order valence-corrected chi connectivity index (χ0v) is 15.9. The number of carbonyl (C=O) groups excluding carboxylic acids is 1. The van der Waals surface area contributed by atoms with Crippen LogP contribution in [-0.4, -0.2) is 47.6 Å². The predicted octanol–water partition coefficient (Wildman–Crippen LogP) is 2.91. The molecule has 0 spiro atoms. The summed E-state index contributed by atoms with van der Waals surface area (Å²) >= 11 is 0. The molecule has 0 radical (unpaired) electrons. The highest BCUT2D eigenvalue weighted by atomic mass is 16.5. The van der Waals surface area contributed by atoms with Gasteiger partial charge in [-0.05, 0) is 51.8 Å². The number of ether oxygens (including phenoxy) is 1. The second-order valence-corrected chi connectivity index (χ2v) is 7.05. The van der Waals surface area contributed by atoms with E-state index in [0.29, 0.717) is 6.61 Å². The van der Waals surface area contributed by atoms with Crippen LogP contribution in [0.1, 0.15) is 40.0 Å². The summed E-state index contributed by atoms with van der Waals surface area (Å²) in [7, 11) is 0. The van der Waals surface area contributed by atoms with E-state index in [1.165, 1.54) is 6.42 Å². The SMILES string of the molecule is CCOC(=O)C1C=C(C)N(C(C)(O)N2CCCCC2)c2ccccc2N1. The maximum absolute atomic E-state index is 12.3. The average Bonchev–Trinajstić information content (AvgIpc) is 2.78. The van der Waals surface area contributed by atoms with Crippen molar-refractivity contribution in [2.24, 2.45) is 0 Å². The van der Waals surface area contributed by atoms with Gasteiger partial charge in [0.2, 0.25) is 0 Å². The number of aliphatic hydroxyl groups is 1. The lowest BCUT2D eigenvalue weighted by molar-refractivity contribution is -0.142. The number of carbonyl (C=O) groups is 1. The number of hydrogen-bond donors (Lipinski definition) is 2. The number of esters is 1. The molecule has 3 rings (SSSR count). The maximum Gasteiger partial charge on any atom is 0.332 e. The number of hydrogen-bond acceptors (Lipinski definition) is 6. The molecule has 0 saturated carbocycles. The Morgan fingerprint density at radius 2 is 2.00 bits per heavy atom. The van der Waals surface area contributed by atoms with Gasteiger partial charge in [0.1, 0.15) is 6.04 Å². The largest absolute Gasteiger partial charge is 0.464 e. The van der Waals surface area contributed by atoms with Crippen LogP contribution in [-0.2, 0) is 9.53 Å². The molecule has 0 amide bonds. The van der Waals surface area contributed by atoms with Crippen molar-refractivity contribution in [2.75, 3.05) is 29.9 Å². The van der Waals surface area contributed by atoms with Crippen molar-refractivity contribution in [2.45, 2.75) is 51.9 Å². The Hall–Kier alpha value is -2.05. The smallest absolute Gasteiger partial charge is 0.332 e. The van der Waals surface area contributed by atoms with E-state index in [4.69, 9.17) is 4.74 Å². The van der Waals surface area contributed by atoms with Gasteiger partial charge in [-0.2, -0.15) is 0 Å². The van der Waals surface area contributed by atoms with E-state index in [-0.39, 0.29) is 5.97 Å². The van der Waals surface area contributed by atoms with Crippen molar-refractivity contribution >= 4 is 17.3 Å². The Kier molecular flexibility index (Phi) is 5.53. The molecule has 0 aromatic heterocycles. The van der Waals surface area contributed by atoms with Gasteiger partial charge in [-0.3, -0.25) is 4.90 Å². The Bertz CT molecular complexity index is 681. The summed E-state index contributed by atoms with van der Waals surface area (Å²) in [5.41, 5.74) is 2.47. The van der Waals surface area contributed by atoms with E-state index in [1.54, 1.807) is 6.92 Å². The number of allylic oxidation sites excluding steroid dienone is 1. The highest BCUT2D eigenvalue weighted by molar-refractivity contribution is 5.86. The van der Waals surface area contributed by atoms with E-state index in [1.807, 2.05) is 49.1 Å². The molecule has 6 heteroatoms. The summed E-state index contributed by atoms with van der Waals surface area (Å²) in [5, 5.41) is 14.8. The number of fused-ring (bicyclic) bond motifs is 1. The van der Waals surface area contributed by atoms with Crippen LogP contribution in [0.25, 0.3) is 0 Å². The zero-order chi connectivity index (χ0) is 18.7. The van der Waals surface area contributed by atoms with Gasteiger partial charge in [0, 0.05) is 18.8 Å². The molecule has 2 N–H and O–H groups in total. The standard InChI is InChI=1S/C20H29N3O3/c1-4-26-19(24)17-14-15(2)23(18-11-7-6-10-16(18)21-17)20(3,25)22-12-8-5-9-13-22/h6-7,10-11,14,17,21,25H,4-5,8-9,12-13H2,1-3H3. The molecular formula is C20H29N3O3. The molecule has 2 heterocycles. The molecule has 0 aliphatic carbocycles. The van der Waals surface area contributed by atoms with E-state index in [9.17, 15) is 9.90 Å². The number of piperidine rings is 1. The first-order valence-electron chi connectivity index (χ1n) is 9.43. The summed E-state index contributed by atoms with van der Waals surface area (Å²) in [6.07, 6.45) is 5.19. The maximum atomic E-state index is 12.3. The third kappa shape index (κ3) is 3.57. The van der Waals surface area contributed by atoms with Crippen molar-refractivity contribution < 1.29 is 14.6 Å². The van der Waals surface area contributed by atoms with Gasteiger partial charge in [0.05, 0.1) is 18.0 Å². The lowest BCUT2D eigenvalue weighted by atomic mass is 10.1. The minimum Gasteiger partial charge on any atom is -0.464 e. The normalized spacial score (nSPS) is 23.2. The first kappa shape index (κ1) is 18.7. The minimum absolute atomic E-state index is 0.318. The second-order valence-electron chi connectivity index (χ2n) is 7.05. The Morgan fingerprint density at radius 3 is 2.69 bits per heavy atom. The van der Waals surface area contributed by atoms with E-state index >= 15 is 0 Å². The van der Waals surface area contributed by atoms with Gasteiger partial charge >= 0.3 is 5.97 Å². The van der Waals surface area contributed by atoms with Crippen molar-refractivity contribution in [3.63, 3.8) is 0 Å². The quantitative estimate of drug-likeness (QED) is 0.806. The Morgan fingerprint density at radius 1 is 1.31 bits per heavy atom. The highest BCUT2D eigenvalue weighted by Gasteiger charge is 2.40. The number of benzene rings is 1. The van der Waals surface area contributed by atoms with Crippen LogP contribution in [0.3, 0.4) is 0 Å². The van der Waals surface area contributed by atoms with Gasteiger partial charge in [-0.15, -0.1) is 0 Å². The van der Waals surface area contributed by atoms with Crippen molar-refractivity contribution in [3.05, 3.63) is 36.0 Å². The molecule has 1 aromatic rings. The number of anilines is 2. The average molecular weight is 359 g/mol. The molecule has 142 valence electrons. The third-order valence-corrected chi connectivity index (χ3v) is 5.14. The fourth-order valence-electron chi connectivity index (χ4n) is 3.89. The lowest BCUT2D eigenvalue weighted by Gasteiger charge is -2.47. The number of nitrogens with zero attached hydrogens (tertiary/aromatic N) is 2. The molecule has 6 nitrogen and oxygen atoms in total. The van der Waals surface area contributed by atoms with Crippen LogP contribution in [0.4, 0.5) is 11.4 Å². The van der Waals surface area contributed by atoms with Gasteiger partial charge in [-0.1, -0.05) is 18.6 Å². The Balaban J connectivity index is 2.02. The monoisotopic (exact) mass is 359 g/mol. The van der Waals surface area contributed by atoms with Crippen LogP contribution in [0.2, 0.25) is 0 Å². The summed E-state index contributed by atoms with van der Waals surface area (Å²) in [5.74, 6) is -1.50. The number of likely N-dealkylation sites (tertiary alicyclic amines) is 1. The molecule has 2 aliphatic rings. The first-order valence-corrected chi connectivity index (χ1v) is 9.43. The Labute approximate surface area is 155 Å². The molecule has 2 atom stereocenters. The molecule has 1 saturated heterocycles. The highest BCUT2D eigenvalue weighted by Crippen LogP contribution is 2.38. The van der Waals surface area contributed by atoms with Crippen LogP contribution in [0, 0.1) is 0 Å². The topological polar surface area (TPSA) is 65.0 Å². The van der Waals surface area contributed by atoms with Gasteiger partial charge in [-0.25, -0.2) is 4.79 Å². The number of para-hydroxylation sites is 2. The number of rotatable bonds is 4. The molecule has 2 unspecified atom stereocenters. The van der Waals surface area contributed by atoms with Crippen LogP contribution in [0.15, 0.2) is 36.0 Å². The molecule has 1 fully saturated rings. The van der Waals surface area contributed by atoms with Crippen LogP contribution in [0.5, 0.6) is 0 Å². The molecule has 0 bridgehead atoms. The fraction of sp³-hybridized carbons (Fsp3) is 0.550. The predicted molar refractivity (Wildman–Crippen MR) is 103 cm³/mol. The minimum atomic E-state index is -1.18. The summed E-state index contributed by atoms with van der Waals surface area (Å²) < 4.78 is 5.20. The molecule has 26 heavy (non-hydrogen) atoms.